The maximum Gasteiger partial charge on any atom is 0.227 e. The molecule has 0 bridgehead atoms. The molecule has 9 heteroatoms. The van der Waals surface area contributed by atoms with Gasteiger partial charge < -0.3 is 5.32 Å². The fraction of sp³-hybridized carbons (Fsp3) is 0.458. The number of hydrogen-bond donors (Lipinski definition) is 1. The molecule has 0 aromatic heterocycles. The van der Waals surface area contributed by atoms with Crippen molar-refractivity contribution in [3.63, 3.8) is 0 Å². The molecule has 1 amide bonds. The zero-order chi connectivity index (χ0) is 24.0. The van der Waals surface area contributed by atoms with E-state index in [1.165, 1.54) is 9.87 Å². The molecule has 1 fully saturated rings. The van der Waals surface area contributed by atoms with Gasteiger partial charge in [-0.2, -0.15) is 0 Å². The van der Waals surface area contributed by atoms with E-state index in [0.717, 1.165) is 25.3 Å². The number of nitrogens with one attached hydrogen (secondary N) is 1. The van der Waals surface area contributed by atoms with Crippen LogP contribution in [0.4, 0.5) is 5.69 Å². The Morgan fingerprint density at radius 3 is 2.27 bits per heavy atom. The fourth-order valence-electron chi connectivity index (χ4n) is 3.97. The molecule has 2 aromatic rings. The normalized spacial score (nSPS) is 15.7. The molecule has 2 aromatic carbocycles. The Morgan fingerprint density at radius 2 is 1.70 bits per heavy atom. The predicted molar refractivity (Wildman–Crippen MR) is 135 cm³/mol. The van der Waals surface area contributed by atoms with E-state index < -0.39 is 10.0 Å². The summed E-state index contributed by atoms with van der Waals surface area (Å²) >= 11 is 12.0. The molecular weight excluding hydrogens is 481 g/mol. The fourth-order valence-corrected chi connectivity index (χ4v) is 6.11. The molecule has 0 saturated carbocycles. The van der Waals surface area contributed by atoms with E-state index in [9.17, 15) is 13.2 Å². The molecule has 1 aliphatic rings. The number of carbonyl (C=O) groups excluding carboxylic acids is 1. The zero-order valence-corrected chi connectivity index (χ0v) is 21.4. The van der Waals surface area contributed by atoms with Crippen molar-refractivity contribution >= 4 is 44.8 Å². The number of amides is 1. The second-order valence-corrected chi connectivity index (χ2v) is 11.1. The van der Waals surface area contributed by atoms with Crippen LogP contribution in [0, 0.1) is 5.92 Å². The van der Waals surface area contributed by atoms with Crippen LogP contribution in [0.15, 0.2) is 42.5 Å². The third-order valence-electron chi connectivity index (χ3n) is 6.09. The molecule has 1 saturated heterocycles. The van der Waals surface area contributed by atoms with Crippen molar-refractivity contribution in [2.24, 2.45) is 5.92 Å². The first-order chi connectivity index (χ1) is 15.7. The van der Waals surface area contributed by atoms with E-state index >= 15 is 0 Å². The minimum absolute atomic E-state index is 0.0655. The summed E-state index contributed by atoms with van der Waals surface area (Å²) in [5.74, 6) is -0.463. The minimum atomic E-state index is -3.53. The lowest BCUT2D eigenvalue weighted by Gasteiger charge is -2.30. The minimum Gasteiger partial charge on any atom is -0.326 e. The van der Waals surface area contributed by atoms with Crippen molar-refractivity contribution in [2.75, 3.05) is 31.5 Å². The van der Waals surface area contributed by atoms with E-state index in [2.05, 4.69) is 24.1 Å². The molecule has 3 rings (SSSR count). The number of nitrogens with zero attached hydrogens (tertiary/aromatic N) is 2. The quantitative estimate of drug-likeness (QED) is 0.513. The molecule has 1 heterocycles. The van der Waals surface area contributed by atoms with Gasteiger partial charge in [-0.15, -0.1) is 0 Å². The molecule has 0 unspecified atom stereocenters. The van der Waals surface area contributed by atoms with Crippen LogP contribution in [0.1, 0.15) is 37.8 Å². The molecule has 33 heavy (non-hydrogen) atoms. The van der Waals surface area contributed by atoms with E-state index in [-0.39, 0.29) is 17.6 Å². The number of hydrogen-bond acceptors (Lipinski definition) is 4. The van der Waals surface area contributed by atoms with E-state index in [4.69, 9.17) is 23.2 Å². The number of sulfonamides is 1. The van der Waals surface area contributed by atoms with Gasteiger partial charge in [0.2, 0.25) is 15.9 Å². The van der Waals surface area contributed by atoms with Crippen LogP contribution in [0.5, 0.6) is 0 Å². The number of piperidine rings is 1. The van der Waals surface area contributed by atoms with Crippen LogP contribution in [-0.4, -0.2) is 49.7 Å². The van der Waals surface area contributed by atoms with Crippen molar-refractivity contribution in [3.05, 3.63) is 63.6 Å². The maximum absolute atomic E-state index is 12.8. The molecule has 0 radical (unpaired) electrons. The maximum atomic E-state index is 12.8. The van der Waals surface area contributed by atoms with Gasteiger partial charge in [0, 0.05) is 41.3 Å². The summed E-state index contributed by atoms with van der Waals surface area (Å²) in [4.78, 5) is 15.1. The second kappa shape index (κ2) is 11.7. The van der Waals surface area contributed by atoms with Gasteiger partial charge in [0.1, 0.15) is 0 Å². The highest BCUT2D eigenvalue weighted by Gasteiger charge is 2.31. The van der Waals surface area contributed by atoms with Crippen molar-refractivity contribution in [1.82, 2.24) is 9.21 Å². The summed E-state index contributed by atoms with van der Waals surface area (Å²) in [5.41, 5.74) is 2.48. The Bertz CT molecular complexity index is 1050. The van der Waals surface area contributed by atoms with Crippen LogP contribution < -0.4 is 5.32 Å². The van der Waals surface area contributed by atoms with Gasteiger partial charge in [-0.3, -0.25) is 9.69 Å². The van der Waals surface area contributed by atoms with Gasteiger partial charge in [0.25, 0.3) is 0 Å². The Hall–Kier alpha value is -1.64. The highest BCUT2D eigenvalue weighted by Crippen LogP contribution is 2.27. The zero-order valence-electron chi connectivity index (χ0n) is 19.1. The first-order valence-electron chi connectivity index (χ1n) is 11.3. The van der Waals surface area contributed by atoms with Gasteiger partial charge in [0.15, 0.2) is 0 Å². The Morgan fingerprint density at radius 1 is 1.06 bits per heavy atom. The monoisotopic (exact) mass is 511 g/mol. The van der Waals surface area contributed by atoms with Crippen LogP contribution in [0.3, 0.4) is 0 Å². The summed E-state index contributed by atoms with van der Waals surface area (Å²) in [6, 6.07) is 12.7. The molecule has 180 valence electrons. The summed E-state index contributed by atoms with van der Waals surface area (Å²) in [5, 5.41) is 3.78. The van der Waals surface area contributed by atoms with Gasteiger partial charge in [-0.1, -0.05) is 55.2 Å². The van der Waals surface area contributed by atoms with E-state index in [0.29, 0.717) is 41.5 Å². The lowest BCUT2D eigenvalue weighted by molar-refractivity contribution is -0.120. The number of carbonyl (C=O) groups is 1. The predicted octanol–water partition coefficient (Wildman–Crippen LogP) is 5.02. The van der Waals surface area contributed by atoms with Gasteiger partial charge >= 0.3 is 0 Å². The van der Waals surface area contributed by atoms with Crippen LogP contribution >= 0.6 is 23.2 Å². The molecular formula is C24H31Cl2N3O3S. The summed E-state index contributed by atoms with van der Waals surface area (Å²) in [6.07, 6.45) is 0.971. The smallest absolute Gasteiger partial charge is 0.227 e. The highest BCUT2D eigenvalue weighted by molar-refractivity contribution is 7.88. The first kappa shape index (κ1) is 26.0. The lowest BCUT2D eigenvalue weighted by atomic mass is 9.97. The standard InChI is InChI=1S/C24H31Cl2N3O3S/c1-3-28(4-2)16-18-5-9-22(10-6-18)27-24(30)19-11-13-29(14-12-19)33(31,32)17-20-7-8-21(25)15-23(20)26/h5-10,15,19H,3-4,11-14,16-17H2,1-2H3,(H,27,30). The van der Waals surface area contributed by atoms with Crippen molar-refractivity contribution in [1.29, 1.82) is 0 Å². The number of rotatable bonds is 9. The molecule has 0 spiro atoms. The van der Waals surface area contributed by atoms with Gasteiger partial charge in [0.05, 0.1) is 5.75 Å². The van der Waals surface area contributed by atoms with Gasteiger partial charge in [-0.05, 0) is 61.3 Å². The summed E-state index contributed by atoms with van der Waals surface area (Å²) < 4.78 is 27.1. The largest absolute Gasteiger partial charge is 0.326 e. The summed E-state index contributed by atoms with van der Waals surface area (Å²) in [6.45, 7) is 7.79. The Labute approximate surface area is 206 Å². The molecule has 1 aliphatic heterocycles. The van der Waals surface area contributed by atoms with Crippen LogP contribution in [0.25, 0.3) is 0 Å². The molecule has 6 nitrogen and oxygen atoms in total. The Kier molecular flexibility index (Phi) is 9.18. The average Bonchev–Trinajstić information content (AvgIpc) is 2.80. The lowest BCUT2D eigenvalue weighted by Crippen LogP contribution is -2.41. The van der Waals surface area contributed by atoms with Crippen LogP contribution in [0.2, 0.25) is 10.0 Å². The van der Waals surface area contributed by atoms with E-state index in [1.54, 1.807) is 18.2 Å². The number of anilines is 1. The first-order valence-corrected chi connectivity index (χ1v) is 13.6. The third-order valence-corrected chi connectivity index (χ3v) is 8.51. The summed E-state index contributed by atoms with van der Waals surface area (Å²) in [7, 11) is -3.53. The van der Waals surface area contributed by atoms with Crippen LogP contribution in [-0.2, 0) is 27.1 Å². The highest BCUT2D eigenvalue weighted by atomic mass is 35.5. The average molecular weight is 513 g/mol. The SMILES string of the molecule is CCN(CC)Cc1ccc(NC(=O)C2CCN(S(=O)(=O)Cc3ccc(Cl)cc3Cl)CC2)cc1. The van der Waals surface area contributed by atoms with Gasteiger partial charge in [-0.25, -0.2) is 12.7 Å². The van der Waals surface area contributed by atoms with Crippen molar-refractivity contribution in [2.45, 2.75) is 39.0 Å². The molecule has 1 N–H and O–H groups in total. The topological polar surface area (TPSA) is 69.7 Å². The van der Waals surface area contributed by atoms with Crippen molar-refractivity contribution in [3.8, 4) is 0 Å². The number of halogens is 2. The Balaban J connectivity index is 1.52. The van der Waals surface area contributed by atoms with Crippen molar-refractivity contribution < 1.29 is 13.2 Å². The molecule has 0 aliphatic carbocycles. The number of benzene rings is 2. The molecule has 0 atom stereocenters. The second-order valence-electron chi connectivity index (χ2n) is 8.31. The third kappa shape index (κ3) is 7.17. The van der Waals surface area contributed by atoms with E-state index in [1.807, 2.05) is 24.3 Å².